The summed E-state index contributed by atoms with van der Waals surface area (Å²) in [6, 6.07) is 1.71. The van der Waals surface area contributed by atoms with Crippen LogP contribution in [-0.2, 0) is 0 Å². The Morgan fingerprint density at radius 1 is 1.50 bits per heavy atom. The Kier molecular flexibility index (Phi) is 4.74. The molecule has 0 spiro atoms. The molecule has 0 bridgehead atoms. The van der Waals surface area contributed by atoms with Crippen LogP contribution in [0.2, 0.25) is 5.15 Å². The second kappa shape index (κ2) is 5.85. The van der Waals surface area contributed by atoms with Crippen molar-refractivity contribution in [3.8, 4) is 0 Å². The number of hydrogen-bond acceptors (Lipinski definition) is 2. The van der Waals surface area contributed by atoms with E-state index in [0.29, 0.717) is 23.0 Å². The molecule has 0 atom stereocenters. The number of carbonyl (C=O) groups excluding carboxylic acids is 1. The van der Waals surface area contributed by atoms with Crippen molar-refractivity contribution in [2.45, 2.75) is 33.6 Å². The first-order valence-electron chi connectivity index (χ1n) is 5.48. The molecule has 3 nitrogen and oxygen atoms in total. The monoisotopic (exact) mass is 240 g/mol. The molecule has 0 fully saturated rings. The summed E-state index contributed by atoms with van der Waals surface area (Å²) in [7, 11) is 0. The molecule has 1 aromatic heterocycles. The molecule has 0 unspecified atom stereocenters. The smallest absolute Gasteiger partial charge is 0.253 e. The maximum atomic E-state index is 11.9. The Morgan fingerprint density at radius 2 is 2.19 bits per heavy atom. The van der Waals surface area contributed by atoms with Gasteiger partial charge in [0.15, 0.2) is 0 Å². The van der Waals surface area contributed by atoms with Crippen LogP contribution in [0.3, 0.4) is 0 Å². The van der Waals surface area contributed by atoms with Crippen molar-refractivity contribution in [2.75, 3.05) is 6.54 Å². The first kappa shape index (κ1) is 13.0. The lowest BCUT2D eigenvalue weighted by Crippen LogP contribution is -2.26. The zero-order valence-electron chi connectivity index (χ0n) is 9.93. The summed E-state index contributed by atoms with van der Waals surface area (Å²) in [5, 5.41) is 3.31. The maximum Gasteiger partial charge on any atom is 0.253 e. The fourth-order valence-electron chi connectivity index (χ4n) is 1.60. The van der Waals surface area contributed by atoms with Crippen molar-refractivity contribution in [1.82, 2.24) is 10.3 Å². The average Bonchev–Trinajstić information content (AvgIpc) is 2.16. The van der Waals surface area contributed by atoms with Crippen molar-refractivity contribution in [1.29, 1.82) is 0 Å². The van der Waals surface area contributed by atoms with Crippen LogP contribution >= 0.6 is 11.6 Å². The molecular formula is C12H17ClN2O. The Morgan fingerprint density at radius 3 is 2.75 bits per heavy atom. The SMILES string of the molecule is CCCCNC(=O)c1c(C)cc(Cl)nc1C. The van der Waals surface area contributed by atoms with Gasteiger partial charge in [-0.25, -0.2) is 4.98 Å². The minimum atomic E-state index is -0.0624. The van der Waals surface area contributed by atoms with Crippen molar-refractivity contribution < 1.29 is 4.79 Å². The van der Waals surface area contributed by atoms with Crippen LogP contribution in [0.4, 0.5) is 0 Å². The zero-order chi connectivity index (χ0) is 12.1. The molecule has 1 rings (SSSR count). The molecule has 1 N–H and O–H groups in total. The van der Waals surface area contributed by atoms with E-state index in [4.69, 9.17) is 11.6 Å². The molecule has 0 radical (unpaired) electrons. The van der Waals surface area contributed by atoms with Gasteiger partial charge in [0, 0.05) is 6.54 Å². The van der Waals surface area contributed by atoms with Gasteiger partial charge in [-0.3, -0.25) is 4.79 Å². The number of pyridine rings is 1. The minimum absolute atomic E-state index is 0.0624. The molecular weight excluding hydrogens is 224 g/mol. The van der Waals surface area contributed by atoms with E-state index >= 15 is 0 Å². The van der Waals surface area contributed by atoms with Crippen molar-refractivity contribution >= 4 is 17.5 Å². The summed E-state index contributed by atoms with van der Waals surface area (Å²) in [5.41, 5.74) is 2.19. The van der Waals surface area contributed by atoms with Crippen LogP contribution in [0.1, 0.15) is 41.4 Å². The standard InChI is InChI=1S/C12H17ClN2O/c1-4-5-6-14-12(16)11-8(2)7-10(13)15-9(11)3/h7H,4-6H2,1-3H3,(H,14,16). The lowest BCUT2D eigenvalue weighted by atomic mass is 10.1. The molecule has 4 heteroatoms. The maximum absolute atomic E-state index is 11.9. The number of aromatic nitrogens is 1. The summed E-state index contributed by atoms with van der Waals surface area (Å²) in [6.07, 6.45) is 2.06. The van der Waals surface area contributed by atoms with E-state index in [1.54, 1.807) is 13.0 Å². The third-order valence-electron chi connectivity index (χ3n) is 2.41. The Balaban J connectivity index is 2.83. The molecule has 1 amide bonds. The predicted octanol–water partition coefficient (Wildman–Crippen LogP) is 2.88. The van der Waals surface area contributed by atoms with E-state index in [1.807, 2.05) is 6.92 Å². The first-order valence-corrected chi connectivity index (χ1v) is 5.86. The van der Waals surface area contributed by atoms with Gasteiger partial charge in [0.1, 0.15) is 5.15 Å². The third kappa shape index (κ3) is 3.20. The summed E-state index contributed by atoms with van der Waals surface area (Å²) >= 11 is 5.81. The molecule has 0 saturated heterocycles. The fraction of sp³-hybridized carbons (Fsp3) is 0.500. The molecule has 1 heterocycles. The molecule has 0 aliphatic carbocycles. The normalized spacial score (nSPS) is 10.2. The Labute approximate surface area is 101 Å². The van der Waals surface area contributed by atoms with E-state index in [1.165, 1.54) is 0 Å². The quantitative estimate of drug-likeness (QED) is 0.650. The number of halogens is 1. The molecule has 0 saturated carbocycles. The molecule has 0 aliphatic heterocycles. The molecule has 16 heavy (non-hydrogen) atoms. The molecule has 0 aliphatic rings. The van der Waals surface area contributed by atoms with Crippen LogP contribution in [-0.4, -0.2) is 17.4 Å². The van der Waals surface area contributed by atoms with Gasteiger partial charge < -0.3 is 5.32 Å². The van der Waals surface area contributed by atoms with Gasteiger partial charge >= 0.3 is 0 Å². The highest BCUT2D eigenvalue weighted by molar-refractivity contribution is 6.29. The molecule has 0 aromatic carbocycles. The Bertz CT molecular complexity index is 368. The van der Waals surface area contributed by atoms with Gasteiger partial charge in [-0.15, -0.1) is 0 Å². The highest BCUT2D eigenvalue weighted by Gasteiger charge is 2.13. The van der Waals surface area contributed by atoms with Crippen LogP contribution in [0, 0.1) is 13.8 Å². The summed E-state index contributed by atoms with van der Waals surface area (Å²) in [6.45, 7) is 6.46. The summed E-state index contributed by atoms with van der Waals surface area (Å²) in [4.78, 5) is 16.0. The van der Waals surface area contributed by atoms with E-state index in [2.05, 4.69) is 17.2 Å². The van der Waals surface area contributed by atoms with Crippen molar-refractivity contribution in [2.24, 2.45) is 0 Å². The number of rotatable bonds is 4. The van der Waals surface area contributed by atoms with Crippen LogP contribution < -0.4 is 5.32 Å². The second-order valence-corrected chi connectivity index (χ2v) is 4.22. The van der Waals surface area contributed by atoms with E-state index < -0.39 is 0 Å². The topological polar surface area (TPSA) is 42.0 Å². The minimum Gasteiger partial charge on any atom is -0.352 e. The molecule has 1 aromatic rings. The fourth-order valence-corrected chi connectivity index (χ4v) is 1.89. The van der Waals surface area contributed by atoms with E-state index in [9.17, 15) is 4.79 Å². The largest absolute Gasteiger partial charge is 0.352 e. The van der Waals surface area contributed by atoms with Gasteiger partial charge in [0.25, 0.3) is 5.91 Å². The highest BCUT2D eigenvalue weighted by atomic mass is 35.5. The third-order valence-corrected chi connectivity index (χ3v) is 2.60. The van der Waals surface area contributed by atoms with Crippen LogP contribution in [0.5, 0.6) is 0 Å². The number of nitrogens with one attached hydrogen (secondary N) is 1. The van der Waals surface area contributed by atoms with Crippen LogP contribution in [0.15, 0.2) is 6.07 Å². The predicted molar refractivity (Wildman–Crippen MR) is 66.0 cm³/mol. The molecule has 88 valence electrons. The number of amides is 1. The summed E-state index contributed by atoms with van der Waals surface area (Å²) < 4.78 is 0. The lowest BCUT2D eigenvalue weighted by molar-refractivity contribution is 0.0951. The van der Waals surface area contributed by atoms with Crippen molar-refractivity contribution in [3.05, 3.63) is 28.0 Å². The number of aryl methyl sites for hydroxylation is 2. The highest BCUT2D eigenvalue weighted by Crippen LogP contribution is 2.16. The second-order valence-electron chi connectivity index (χ2n) is 3.83. The van der Waals surface area contributed by atoms with Gasteiger partial charge in [-0.2, -0.15) is 0 Å². The van der Waals surface area contributed by atoms with E-state index in [-0.39, 0.29) is 5.91 Å². The number of nitrogens with zero attached hydrogens (tertiary/aromatic N) is 1. The number of unbranched alkanes of at least 4 members (excludes halogenated alkanes) is 1. The van der Waals surface area contributed by atoms with Crippen LogP contribution in [0.25, 0.3) is 0 Å². The number of carbonyl (C=O) groups is 1. The summed E-state index contributed by atoms with van der Waals surface area (Å²) in [5.74, 6) is -0.0624. The average molecular weight is 241 g/mol. The lowest BCUT2D eigenvalue weighted by Gasteiger charge is -2.09. The van der Waals surface area contributed by atoms with E-state index in [0.717, 1.165) is 18.4 Å². The first-order chi connectivity index (χ1) is 7.56. The zero-order valence-corrected chi connectivity index (χ0v) is 10.7. The van der Waals surface area contributed by atoms with Crippen molar-refractivity contribution in [3.63, 3.8) is 0 Å². The van der Waals surface area contributed by atoms with Gasteiger partial charge in [0.05, 0.1) is 11.3 Å². The number of hydrogen-bond donors (Lipinski definition) is 1. The van der Waals surface area contributed by atoms with Gasteiger partial charge in [0.2, 0.25) is 0 Å². The van der Waals surface area contributed by atoms with Gasteiger partial charge in [-0.05, 0) is 31.9 Å². The Hall–Kier alpha value is -1.09. The van der Waals surface area contributed by atoms with Gasteiger partial charge in [-0.1, -0.05) is 24.9 Å².